The topological polar surface area (TPSA) is 77.4 Å². The molecule has 0 atom stereocenters. The highest BCUT2D eigenvalue weighted by molar-refractivity contribution is 6.31. The number of rotatable bonds is 4. The molecule has 7 nitrogen and oxygen atoms in total. The molecule has 1 saturated heterocycles. The van der Waals surface area contributed by atoms with Crippen LogP contribution in [-0.4, -0.2) is 42.0 Å². The fraction of sp³-hybridized carbons (Fsp3) is 0.333. The van der Waals surface area contributed by atoms with Gasteiger partial charge in [-0.15, -0.1) is 12.4 Å². The van der Waals surface area contributed by atoms with E-state index in [0.29, 0.717) is 41.0 Å². The van der Waals surface area contributed by atoms with Crippen LogP contribution in [0.5, 0.6) is 11.5 Å². The van der Waals surface area contributed by atoms with Crippen molar-refractivity contribution in [3.05, 3.63) is 64.4 Å². The molecule has 2 aromatic carbocycles. The number of nitrogens with one attached hydrogen (secondary N) is 2. The Labute approximate surface area is 203 Å². The zero-order valence-corrected chi connectivity index (χ0v) is 19.8. The average molecular weight is 489 g/mol. The quantitative estimate of drug-likeness (QED) is 0.554. The van der Waals surface area contributed by atoms with E-state index in [4.69, 9.17) is 21.1 Å². The van der Waals surface area contributed by atoms with Crippen molar-refractivity contribution >= 4 is 35.6 Å². The number of amides is 1. The predicted octanol–water partition coefficient (Wildman–Crippen LogP) is 4.75. The number of carbonyl (C=O) groups is 1. The van der Waals surface area contributed by atoms with Gasteiger partial charge in [-0.25, -0.2) is 4.68 Å². The zero-order valence-electron chi connectivity index (χ0n) is 18.3. The van der Waals surface area contributed by atoms with Crippen LogP contribution < -0.4 is 20.1 Å². The van der Waals surface area contributed by atoms with Gasteiger partial charge in [-0.1, -0.05) is 17.7 Å². The first-order valence-corrected chi connectivity index (χ1v) is 11.2. The Bertz CT molecular complexity index is 1160. The third-order valence-electron chi connectivity index (χ3n) is 6.04. The van der Waals surface area contributed by atoms with Crippen molar-refractivity contribution in [1.82, 2.24) is 15.1 Å². The summed E-state index contributed by atoms with van der Waals surface area (Å²) in [6.07, 6.45) is 3.54. The smallest absolute Gasteiger partial charge is 0.259 e. The van der Waals surface area contributed by atoms with Gasteiger partial charge in [0.2, 0.25) is 0 Å². The van der Waals surface area contributed by atoms with Gasteiger partial charge in [0.1, 0.15) is 13.2 Å². The van der Waals surface area contributed by atoms with Gasteiger partial charge >= 0.3 is 0 Å². The molecule has 2 aliphatic rings. The van der Waals surface area contributed by atoms with E-state index < -0.39 is 0 Å². The number of hydrogen-bond donors (Lipinski definition) is 2. The summed E-state index contributed by atoms with van der Waals surface area (Å²) in [6.45, 7) is 4.82. The van der Waals surface area contributed by atoms with Crippen LogP contribution in [-0.2, 0) is 0 Å². The monoisotopic (exact) mass is 488 g/mol. The minimum Gasteiger partial charge on any atom is -0.486 e. The first-order chi connectivity index (χ1) is 15.6. The maximum Gasteiger partial charge on any atom is 0.259 e. The number of piperidine rings is 1. The van der Waals surface area contributed by atoms with E-state index in [2.05, 4.69) is 15.7 Å². The summed E-state index contributed by atoms with van der Waals surface area (Å²) < 4.78 is 13.1. The van der Waals surface area contributed by atoms with Crippen LogP contribution in [0.4, 0.5) is 5.69 Å². The second-order valence-electron chi connectivity index (χ2n) is 8.08. The molecule has 5 rings (SSSR count). The van der Waals surface area contributed by atoms with Gasteiger partial charge < -0.3 is 20.1 Å². The number of nitrogens with zero attached hydrogens (tertiary/aromatic N) is 2. The predicted molar refractivity (Wildman–Crippen MR) is 131 cm³/mol. The van der Waals surface area contributed by atoms with Crippen molar-refractivity contribution in [1.29, 1.82) is 0 Å². The van der Waals surface area contributed by atoms with Crippen LogP contribution in [0.15, 0.2) is 42.6 Å². The molecular formula is C24H26Cl2N4O3. The van der Waals surface area contributed by atoms with Gasteiger partial charge in [-0.3, -0.25) is 4.79 Å². The second-order valence-corrected chi connectivity index (χ2v) is 8.48. The van der Waals surface area contributed by atoms with Crippen LogP contribution in [0.3, 0.4) is 0 Å². The Hall–Kier alpha value is -2.74. The lowest BCUT2D eigenvalue weighted by molar-refractivity contribution is 0.102. The molecule has 3 heterocycles. The van der Waals surface area contributed by atoms with E-state index in [1.165, 1.54) is 0 Å². The van der Waals surface area contributed by atoms with Crippen LogP contribution in [0.2, 0.25) is 5.02 Å². The fourth-order valence-corrected chi connectivity index (χ4v) is 4.53. The summed E-state index contributed by atoms with van der Waals surface area (Å²) >= 11 is 6.38. The number of hydrogen-bond acceptors (Lipinski definition) is 5. The second kappa shape index (κ2) is 10.0. The summed E-state index contributed by atoms with van der Waals surface area (Å²) in [6, 6.07) is 11.2. The van der Waals surface area contributed by atoms with E-state index in [1.807, 2.05) is 41.9 Å². The van der Waals surface area contributed by atoms with Crippen molar-refractivity contribution in [3.63, 3.8) is 0 Å². The Kier molecular flexibility index (Phi) is 7.12. The van der Waals surface area contributed by atoms with E-state index >= 15 is 0 Å². The first-order valence-electron chi connectivity index (χ1n) is 10.9. The Morgan fingerprint density at radius 3 is 2.70 bits per heavy atom. The SMILES string of the molecule is Cc1c(Cl)cccc1-n1ncc(C(=O)Nc2ccc3c(c2)OCCO3)c1C1CCNCC1.Cl. The van der Waals surface area contributed by atoms with Crippen LogP contribution in [0.25, 0.3) is 5.69 Å². The van der Waals surface area contributed by atoms with Gasteiger partial charge in [0.25, 0.3) is 5.91 Å². The van der Waals surface area contributed by atoms with Crippen LogP contribution >= 0.6 is 24.0 Å². The molecule has 1 aromatic heterocycles. The number of halogens is 2. The van der Waals surface area contributed by atoms with Crippen LogP contribution in [0.1, 0.15) is 40.4 Å². The highest BCUT2D eigenvalue weighted by Crippen LogP contribution is 2.35. The number of carbonyl (C=O) groups excluding carboxylic acids is 1. The molecule has 33 heavy (non-hydrogen) atoms. The third kappa shape index (κ3) is 4.67. The third-order valence-corrected chi connectivity index (χ3v) is 6.45. The summed E-state index contributed by atoms with van der Waals surface area (Å²) in [4.78, 5) is 13.4. The number of fused-ring (bicyclic) bond motifs is 1. The number of ether oxygens (including phenoxy) is 2. The Balaban J connectivity index is 0.00000259. The van der Waals surface area contributed by atoms with Crippen molar-refractivity contribution in [2.75, 3.05) is 31.6 Å². The normalized spacial score (nSPS) is 15.6. The Morgan fingerprint density at radius 2 is 1.91 bits per heavy atom. The zero-order chi connectivity index (χ0) is 22.1. The summed E-state index contributed by atoms with van der Waals surface area (Å²) in [5, 5.41) is 11.7. The van der Waals surface area contributed by atoms with Crippen molar-refractivity contribution in [2.24, 2.45) is 0 Å². The molecule has 0 saturated carbocycles. The lowest BCUT2D eigenvalue weighted by atomic mass is 9.91. The summed E-state index contributed by atoms with van der Waals surface area (Å²) in [5.41, 5.74) is 3.98. The number of anilines is 1. The molecule has 3 aromatic rings. The molecule has 1 amide bonds. The largest absolute Gasteiger partial charge is 0.486 e. The lowest BCUT2D eigenvalue weighted by Gasteiger charge is -2.25. The van der Waals surface area contributed by atoms with E-state index in [9.17, 15) is 4.79 Å². The van der Waals surface area contributed by atoms with Gasteiger partial charge in [0.05, 0.1) is 23.1 Å². The first kappa shape index (κ1) is 23.4. The van der Waals surface area contributed by atoms with Crippen molar-refractivity contribution in [3.8, 4) is 17.2 Å². The van der Waals surface area contributed by atoms with Gasteiger partial charge in [-0.2, -0.15) is 5.10 Å². The molecule has 9 heteroatoms. The summed E-state index contributed by atoms with van der Waals surface area (Å²) in [5.74, 6) is 1.35. The fourth-order valence-electron chi connectivity index (χ4n) is 4.36. The lowest BCUT2D eigenvalue weighted by Crippen LogP contribution is -2.29. The Morgan fingerprint density at radius 1 is 1.15 bits per heavy atom. The summed E-state index contributed by atoms with van der Waals surface area (Å²) in [7, 11) is 0. The van der Waals surface area contributed by atoms with Crippen molar-refractivity contribution < 1.29 is 14.3 Å². The van der Waals surface area contributed by atoms with E-state index in [-0.39, 0.29) is 24.2 Å². The van der Waals surface area contributed by atoms with E-state index in [1.54, 1.807) is 12.3 Å². The molecule has 2 aliphatic heterocycles. The molecule has 0 spiro atoms. The van der Waals surface area contributed by atoms with Crippen LogP contribution in [0, 0.1) is 6.92 Å². The van der Waals surface area contributed by atoms with Gasteiger partial charge in [-0.05, 0) is 62.7 Å². The standard InChI is InChI=1S/C24H25ClN4O3.ClH/c1-15-19(25)3-2-4-20(15)29-23(16-7-9-26-10-8-16)18(14-27-29)24(30)28-17-5-6-21-22(13-17)32-12-11-31-21;/h2-6,13-14,16,26H,7-12H2,1H3,(H,28,30);1H. The molecule has 0 aliphatic carbocycles. The molecule has 174 valence electrons. The molecule has 0 radical (unpaired) electrons. The highest BCUT2D eigenvalue weighted by Gasteiger charge is 2.28. The molecule has 0 unspecified atom stereocenters. The van der Waals surface area contributed by atoms with Gasteiger partial charge in [0.15, 0.2) is 11.5 Å². The number of benzene rings is 2. The molecular weight excluding hydrogens is 463 g/mol. The maximum atomic E-state index is 13.4. The van der Waals surface area contributed by atoms with Crippen molar-refractivity contribution in [2.45, 2.75) is 25.7 Å². The minimum atomic E-state index is -0.193. The highest BCUT2D eigenvalue weighted by atomic mass is 35.5. The maximum absolute atomic E-state index is 13.4. The average Bonchev–Trinajstić information content (AvgIpc) is 3.26. The molecule has 0 bridgehead atoms. The van der Waals surface area contributed by atoms with Gasteiger partial charge in [0, 0.05) is 22.7 Å². The van der Waals surface area contributed by atoms with E-state index in [0.717, 1.165) is 42.9 Å². The molecule has 1 fully saturated rings. The molecule has 2 N–H and O–H groups in total. The minimum absolute atomic E-state index is 0. The number of aromatic nitrogens is 2.